The number of aromatic nitrogens is 2. The molecule has 0 saturated carbocycles. The van der Waals surface area contributed by atoms with Crippen molar-refractivity contribution in [2.75, 3.05) is 20.2 Å². The first-order valence-electron chi connectivity index (χ1n) is 10.1. The number of carbonyl (C=O) groups is 1. The summed E-state index contributed by atoms with van der Waals surface area (Å²) in [6.07, 6.45) is 5.15. The second-order valence-corrected chi connectivity index (χ2v) is 8.77. The summed E-state index contributed by atoms with van der Waals surface area (Å²) in [5, 5.41) is 1.15. The van der Waals surface area contributed by atoms with E-state index in [9.17, 15) is 4.79 Å². The number of pyridine rings is 1. The third kappa shape index (κ3) is 3.82. The molecular formula is C24H26BrN3O2. The van der Waals surface area contributed by atoms with E-state index in [0.29, 0.717) is 5.56 Å². The van der Waals surface area contributed by atoms with Gasteiger partial charge in [0.2, 0.25) is 0 Å². The van der Waals surface area contributed by atoms with Crippen molar-refractivity contribution in [3.8, 4) is 0 Å². The molecule has 0 saturated heterocycles. The molecule has 0 spiro atoms. The van der Waals surface area contributed by atoms with Crippen LogP contribution in [0.2, 0.25) is 0 Å². The average Bonchev–Trinajstić information content (AvgIpc) is 3.05. The summed E-state index contributed by atoms with van der Waals surface area (Å²) in [7, 11) is 3.50. The third-order valence-corrected chi connectivity index (χ3v) is 6.62. The number of aryl methyl sites for hydroxylation is 3. The largest absolute Gasteiger partial charge is 0.465 e. The van der Waals surface area contributed by atoms with E-state index in [4.69, 9.17) is 4.74 Å². The number of hydrogen-bond donors (Lipinski definition) is 0. The molecule has 30 heavy (non-hydrogen) atoms. The number of methoxy groups -OCH3 is 1. The molecule has 4 rings (SSSR count). The zero-order valence-corrected chi connectivity index (χ0v) is 19.4. The van der Waals surface area contributed by atoms with Crippen LogP contribution in [0.15, 0.2) is 41.0 Å². The van der Waals surface area contributed by atoms with E-state index in [2.05, 4.69) is 63.4 Å². The lowest BCUT2D eigenvalue weighted by Crippen LogP contribution is -2.29. The molecule has 3 aromatic rings. The Morgan fingerprint density at radius 2 is 1.97 bits per heavy atom. The van der Waals surface area contributed by atoms with Crippen molar-refractivity contribution in [3.63, 3.8) is 0 Å². The summed E-state index contributed by atoms with van der Waals surface area (Å²) in [6.45, 7) is 6.94. The lowest BCUT2D eigenvalue weighted by Gasteiger charge is -2.28. The van der Waals surface area contributed by atoms with Gasteiger partial charge >= 0.3 is 5.97 Å². The van der Waals surface area contributed by atoms with Crippen molar-refractivity contribution in [3.05, 3.63) is 69.0 Å². The van der Waals surface area contributed by atoms with Crippen LogP contribution in [0.3, 0.4) is 0 Å². The third-order valence-electron chi connectivity index (χ3n) is 5.93. The van der Waals surface area contributed by atoms with Crippen LogP contribution in [-0.2, 0) is 18.3 Å². The molecule has 0 unspecified atom stereocenters. The predicted molar refractivity (Wildman–Crippen MR) is 124 cm³/mol. The van der Waals surface area contributed by atoms with Gasteiger partial charge in [0.15, 0.2) is 0 Å². The molecule has 0 bridgehead atoms. The number of carbonyl (C=O) groups excluding carboxylic acids is 1. The van der Waals surface area contributed by atoms with Crippen LogP contribution in [0.4, 0.5) is 0 Å². The number of ether oxygens (including phenoxy) is 1. The Morgan fingerprint density at radius 1 is 1.23 bits per heavy atom. The number of hydrogen-bond acceptors (Lipinski definition) is 4. The summed E-state index contributed by atoms with van der Waals surface area (Å²) >= 11 is 3.63. The second-order valence-electron chi connectivity index (χ2n) is 7.92. The molecule has 1 aliphatic rings. The quantitative estimate of drug-likeness (QED) is 0.504. The Balaban J connectivity index is 1.53. The second kappa shape index (κ2) is 8.36. The molecule has 5 nitrogen and oxygen atoms in total. The molecule has 1 aliphatic heterocycles. The number of esters is 1. The van der Waals surface area contributed by atoms with Gasteiger partial charge in [0.25, 0.3) is 0 Å². The highest BCUT2D eigenvalue weighted by Gasteiger charge is 2.19. The Labute approximate surface area is 185 Å². The van der Waals surface area contributed by atoms with Gasteiger partial charge in [-0.3, -0.25) is 4.90 Å². The first-order chi connectivity index (χ1) is 14.4. The van der Waals surface area contributed by atoms with Gasteiger partial charge in [0.1, 0.15) is 5.65 Å². The van der Waals surface area contributed by atoms with Crippen LogP contribution in [0.1, 0.15) is 39.2 Å². The van der Waals surface area contributed by atoms with Gasteiger partial charge in [-0.1, -0.05) is 6.08 Å². The van der Waals surface area contributed by atoms with E-state index < -0.39 is 0 Å². The molecule has 0 atom stereocenters. The minimum atomic E-state index is -0.285. The number of fused-ring (bicyclic) bond motifs is 1. The van der Waals surface area contributed by atoms with Crippen LogP contribution in [0, 0.1) is 13.8 Å². The Kier molecular flexibility index (Phi) is 5.80. The van der Waals surface area contributed by atoms with Crippen molar-refractivity contribution in [2.45, 2.75) is 26.8 Å². The lowest BCUT2D eigenvalue weighted by molar-refractivity contribution is 0.0600. The molecule has 1 aromatic carbocycles. The van der Waals surface area contributed by atoms with Gasteiger partial charge in [-0.2, -0.15) is 0 Å². The SMILES string of the molecule is COC(=O)c1cc(C)c(C2=CCN(Cc3cc4c(Br)ccnc4n3C)CC2)c(C)c1. The van der Waals surface area contributed by atoms with Gasteiger partial charge in [0.05, 0.1) is 12.7 Å². The van der Waals surface area contributed by atoms with E-state index in [0.717, 1.165) is 52.7 Å². The smallest absolute Gasteiger partial charge is 0.337 e. The molecular weight excluding hydrogens is 442 g/mol. The summed E-state index contributed by atoms with van der Waals surface area (Å²) in [6, 6.07) is 8.08. The van der Waals surface area contributed by atoms with Gasteiger partial charge in [-0.25, -0.2) is 9.78 Å². The summed E-state index contributed by atoms with van der Waals surface area (Å²) in [5.74, 6) is -0.285. The van der Waals surface area contributed by atoms with Crippen LogP contribution in [0.25, 0.3) is 16.6 Å². The fraction of sp³-hybridized carbons (Fsp3) is 0.333. The first kappa shape index (κ1) is 20.8. The van der Waals surface area contributed by atoms with E-state index in [1.54, 1.807) is 0 Å². The molecule has 2 aromatic heterocycles. The van der Waals surface area contributed by atoms with Crippen LogP contribution in [-0.4, -0.2) is 40.6 Å². The highest BCUT2D eigenvalue weighted by Crippen LogP contribution is 2.31. The zero-order chi connectivity index (χ0) is 21.4. The molecule has 0 amide bonds. The summed E-state index contributed by atoms with van der Waals surface area (Å²) in [4.78, 5) is 18.9. The fourth-order valence-corrected chi connectivity index (χ4v) is 4.82. The minimum absolute atomic E-state index is 0.285. The van der Waals surface area contributed by atoms with Crippen LogP contribution in [0.5, 0.6) is 0 Å². The van der Waals surface area contributed by atoms with Crippen molar-refractivity contribution < 1.29 is 9.53 Å². The monoisotopic (exact) mass is 467 g/mol. The summed E-state index contributed by atoms with van der Waals surface area (Å²) in [5.41, 5.74) is 7.75. The predicted octanol–water partition coefficient (Wildman–Crippen LogP) is 5.03. The Bertz CT molecular complexity index is 1140. The molecule has 156 valence electrons. The number of nitrogens with zero attached hydrogens (tertiary/aromatic N) is 3. The molecule has 0 radical (unpaired) electrons. The maximum Gasteiger partial charge on any atom is 0.337 e. The van der Waals surface area contributed by atoms with Gasteiger partial charge in [-0.15, -0.1) is 0 Å². The fourth-order valence-electron chi connectivity index (χ4n) is 4.41. The Morgan fingerprint density at radius 3 is 2.57 bits per heavy atom. The van der Waals surface area contributed by atoms with Crippen LogP contribution < -0.4 is 0 Å². The first-order valence-corrected chi connectivity index (χ1v) is 10.9. The maximum absolute atomic E-state index is 11.9. The number of halogens is 1. The van der Waals surface area contributed by atoms with Gasteiger partial charge in [-0.05, 0) is 82.7 Å². The molecule has 0 fully saturated rings. The van der Waals surface area contributed by atoms with E-state index in [1.807, 2.05) is 24.4 Å². The Hall–Kier alpha value is -2.44. The van der Waals surface area contributed by atoms with E-state index >= 15 is 0 Å². The standard InChI is InChI=1S/C24H26BrN3O2/c1-15-11-18(24(29)30-4)12-16(2)22(15)17-6-9-28(10-7-17)14-19-13-20-21(25)5-8-26-23(20)27(19)3/h5-6,8,11-13H,7,9-10,14H2,1-4H3. The highest BCUT2D eigenvalue weighted by molar-refractivity contribution is 9.10. The molecule has 0 N–H and O–H groups in total. The normalized spacial score (nSPS) is 14.8. The average molecular weight is 468 g/mol. The zero-order valence-electron chi connectivity index (χ0n) is 17.8. The van der Waals surface area contributed by atoms with Crippen molar-refractivity contribution >= 4 is 38.5 Å². The van der Waals surface area contributed by atoms with E-state index in [1.165, 1.54) is 23.9 Å². The van der Waals surface area contributed by atoms with Crippen LogP contribution >= 0.6 is 15.9 Å². The van der Waals surface area contributed by atoms with E-state index in [-0.39, 0.29) is 5.97 Å². The van der Waals surface area contributed by atoms with Gasteiger partial charge < -0.3 is 9.30 Å². The number of rotatable bonds is 4. The number of benzene rings is 1. The minimum Gasteiger partial charge on any atom is -0.465 e. The molecule has 6 heteroatoms. The summed E-state index contributed by atoms with van der Waals surface area (Å²) < 4.78 is 8.13. The highest BCUT2D eigenvalue weighted by atomic mass is 79.9. The van der Waals surface area contributed by atoms with Gasteiger partial charge in [0, 0.05) is 48.4 Å². The van der Waals surface area contributed by atoms with Crippen molar-refractivity contribution in [1.29, 1.82) is 0 Å². The van der Waals surface area contributed by atoms with Crippen molar-refractivity contribution in [2.24, 2.45) is 7.05 Å². The topological polar surface area (TPSA) is 47.4 Å². The molecule has 0 aliphatic carbocycles. The lowest BCUT2D eigenvalue weighted by atomic mass is 9.90. The maximum atomic E-state index is 11.9. The molecule has 3 heterocycles. The van der Waals surface area contributed by atoms with Crippen molar-refractivity contribution in [1.82, 2.24) is 14.5 Å².